The molecular weight excluding hydrogens is 407 g/mol. The summed E-state index contributed by atoms with van der Waals surface area (Å²) >= 11 is 2.62. The minimum atomic E-state index is -4.06. The van der Waals surface area contributed by atoms with Crippen LogP contribution in [0, 0.1) is 5.92 Å². The van der Waals surface area contributed by atoms with E-state index in [-0.39, 0.29) is 6.42 Å². The molecule has 2 N–H and O–H groups in total. The fourth-order valence-corrected chi connectivity index (χ4v) is 4.99. The molecule has 0 amide bonds. The summed E-state index contributed by atoms with van der Waals surface area (Å²) in [5, 5.41) is 15.6. The minimum Gasteiger partial charge on any atom is -0.473 e. The number of fused-ring (bicyclic) bond motifs is 2. The second kappa shape index (κ2) is 9.69. The van der Waals surface area contributed by atoms with Gasteiger partial charge in [0.05, 0.1) is 17.4 Å². The van der Waals surface area contributed by atoms with E-state index >= 15 is 0 Å². The van der Waals surface area contributed by atoms with Crippen LogP contribution in [0.25, 0.3) is 0 Å². The van der Waals surface area contributed by atoms with Crippen LogP contribution in [0.5, 0.6) is 0 Å². The number of hydrogen-bond donors (Lipinski definition) is 2. The SMILES string of the molecule is FC(F)(F)CCCSc1nsnc1[C@@H]1CN2CCC[C@@H]1C2.O=C(O)C(=O)O. The molecule has 1 aromatic heterocycles. The third kappa shape index (κ3) is 6.92. The van der Waals surface area contributed by atoms with Crippen LogP contribution in [-0.2, 0) is 9.59 Å². The Morgan fingerprint density at radius 3 is 2.52 bits per heavy atom. The topological polar surface area (TPSA) is 104 Å². The molecule has 0 saturated carbocycles. The third-order valence-corrected chi connectivity index (χ3v) is 6.15. The first kappa shape index (κ1) is 21.9. The number of thioether (sulfide) groups is 1. The van der Waals surface area contributed by atoms with Crippen LogP contribution >= 0.6 is 23.5 Å². The molecule has 2 aliphatic heterocycles. The van der Waals surface area contributed by atoms with Crippen molar-refractivity contribution in [2.45, 2.75) is 42.8 Å². The molecule has 27 heavy (non-hydrogen) atoms. The van der Waals surface area contributed by atoms with Gasteiger partial charge >= 0.3 is 18.1 Å². The van der Waals surface area contributed by atoms with Gasteiger partial charge in [0.1, 0.15) is 5.03 Å². The first-order valence-electron chi connectivity index (χ1n) is 8.38. The van der Waals surface area contributed by atoms with E-state index in [9.17, 15) is 13.2 Å². The van der Waals surface area contributed by atoms with Gasteiger partial charge in [-0.3, -0.25) is 0 Å². The number of carboxylic acids is 2. The van der Waals surface area contributed by atoms with E-state index in [1.54, 1.807) is 0 Å². The molecule has 3 atom stereocenters. The molecule has 1 aromatic rings. The maximum absolute atomic E-state index is 12.2. The Kier molecular flexibility index (Phi) is 7.86. The van der Waals surface area contributed by atoms with Crippen LogP contribution in [-0.4, -0.2) is 67.4 Å². The van der Waals surface area contributed by atoms with Crippen molar-refractivity contribution in [3.8, 4) is 0 Å². The predicted octanol–water partition coefficient (Wildman–Crippen LogP) is 2.94. The Bertz CT molecular complexity index is 644. The van der Waals surface area contributed by atoms with Crippen molar-refractivity contribution in [2.24, 2.45) is 5.92 Å². The van der Waals surface area contributed by atoms with Crippen LogP contribution < -0.4 is 0 Å². The molecule has 0 aromatic carbocycles. The summed E-state index contributed by atoms with van der Waals surface area (Å²) in [5.41, 5.74) is 1.03. The zero-order valence-electron chi connectivity index (χ0n) is 14.3. The number of piperidine rings is 1. The molecule has 7 nitrogen and oxygen atoms in total. The van der Waals surface area contributed by atoms with E-state index in [0.717, 1.165) is 23.8 Å². The summed E-state index contributed by atoms with van der Waals surface area (Å²) < 4.78 is 45.2. The van der Waals surface area contributed by atoms with Crippen LogP contribution in [0.1, 0.15) is 37.3 Å². The lowest BCUT2D eigenvalue weighted by Crippen LogP contribution is -2.25. The van der Waals surface area contributed by atoms with Crippen molar-refractivity contribution in [1.82, 2.24) is 13.6 Å². The van der Waals surface area contributed by atoms with Gasteiger partial charge in [-0.05, 0) is 37.5 Å². The zero-order valence-corrected chi connectivity index (χ0v) is 15.9. The monoisotopic (exact) mass is 427 g/mol. The van der Waals surface area contributed by atoms with E-state index < -0.39 is 24.5 Å². The summed E-state index contributed by atoms with van der Waals surface area (Å²) in [6.45, 7) is 3.34. The molecule has 12 heteroatoms. The molecule has 1 unspecified atom stereocenters. The summed E-state index contributed by atoms with van der Waals surface area (Å²) in [4.78, 5) is 20.7. The highest BCUT2D eigenvalue weighted by Crippen LogP contribution is 2.41. The standard InChI is InChI=1S/C13H18F3N3S2.C2H2O4/c14-13(15,16)4-2-6-20-12-11(17-21-18-12)10-8-19-5-1-3-9(10)7-19;3-1(4)2(5)6/h9-10H,1-8H2;(H,3,4)(H,5,6)/t9-,10-;/m1./s1. The number of nitrogens with zero attached hydrogens (tertiary/aromatic N) is 3. The maximum atomic E-state index is 12.2. The van der Waals surface area contributed by atoms with Crippen molar-refractivity contribution in [3.05, 3.63) is 5.69 Å². The number of hydrogen-bond acceptors (Lipinski definition) is 7. The van der Waals surface area contributed by atoms with Crippen molar-refractivity contribution in [3.63, 3.8) is 0 Å². The van der Waals surface area contributed by atoms with Gasteiger partial charge in [0, 0.05) is 25.4 Å². The Morgan fingerprint density at radius 1 is 1.22 bits per heavy atom. The summed E-state index contributed by atoms with van der Waals surface area (Å²) in [5.74, 6) is -2.11. The smallest absolute Gasteiger partial charge is 0.414 e. The summed E-state index contributed by atoms with van der Waals surface area (Å²) in [7, 11) is 0. The van der Waals surface area contributed by atoms with Crippen LogP contribution in [0.2, 0.25) is 0 Å². The molecule has 2 aliphatic rings. The Morgan fingerprint density at radius 2 is 1.93 bits per heavy atom. The van der Waals surface area contributed by atoms with Gasteiger partial charge in [-0.1, -0.05) is 0 Å². The minimum absolute atomic E-state index is 0.144. The number of aliphatic carboxylic acids is 2. The molecule has 0 aliphatic carbocycles. The highest BCUT2D eigenvalue weighted by Gasteiger charge is 2.39. The van der Waals surface area contributed by atoms with E-state index in [2.05, 4.69) is 13.6 Å². The molecule has 2 bridgehead atoms. The maximum Gasteiger partial charge on any atom is 0.414 e. The second-order valence-corrected chi connectivity index (χ2v) is 8.01. The van der Waals surface area contributed by atoms with Gasteiger partial charge in [0.15, 0.2) is 0 Å². The van der Waals surface area contributed by atoms with Crippen molar-refractivity contribution < 1.29 is 33.0 Å². The van der Waals surface area contributed by atoms with Gasteiger partial charge < -0.3 is 15.1 Å². The molecule has 3 heterocycles. The van der Waals surface area contributed by atoms with Gasteiger partial charge in [0.25, 0.3) is 0 Å². The Labute approximate surface area is 162 Å². The van der Waals surface area contributed by atoms with E-state index in [4.69, 9.17) is 19.8 Å². The molecule has 3 rings (SSSR count). The number of carbonyl (C=O) groups is 2. The largest absolute Gasteiger partial charge is 0.473 e. The average molecular weight is 427 g/mol. The van der Waals surface area contributed by atoms with E-state index in [1.807, 2.05) is 0 Å². The number of alkyl halides is 3. The van der Waals surface area contributed by atoms with Crippen molar-refractivity contribution >= 4 is 35.4 Å². The van der Waals surface area contributed by atoms with Gasteiger partial charge in [-0.15, -0.1) is 11.8 Å². The molecule has 152 valence electrons. The lowest BCUT2D eigenvalue weighted by Gasteiger charge is -2.21. The van der Waals surface area contributed by atoms with Crippen molar-refractivity contribution in [1.29, 1.82) is 0 Å². The highest BCUT2D eigenvalue weighted by atomic mass is 32.2. The highest BCUT2D eigenvalue weighted by molar-refractivity contribution is 7.99. The first-order chi connectivity index (χ1) is 12.7. The van der Waals surface area contributed by atoms with Crippen molar-refractivity contribution in [2.75, 3.05) is 25.4 Å². The number of carboxylic acid groups (broad SMARTS) is 2. The molecule has 2 fully saturated rings. The first-order valence-corrected chi connectivity index (χ1v) is 10.1. The zero-order chi connectivity index (χ0) is 20.0. The molecule has 2 saturated heterocycles. The second-order valence-electron chi connectivity index (χ2n) is 6.40. The Balaban J connectivity index is 0.000000380. The van der Waals surface area contributed by atoms with E-state index in [1.165, 1.54) is 42.9 Å². The summed E-state index contributed by atoms with van der Waals surface area (Å²) in [6.07, 6.45) is -2.15. The fourth-order valence-electron chi connectivity index (χ4n) is 3.28. The van der Waals surface area contributed by atoms with E-state index in [0.29, 0.717) is 17.6 Å². The van der Waals surface area contributed by atoms with Gasteiger partial charge in [-0.2, -0.15) is 21.9 Å². The Hall–Kier alpha value is -1.40. The normalized spacial score (nSPS) is 24.2. The summed E-state index contributed by atoms with van der Waals surface area (Å²) in [6, 6.07) is 0. The molecule has 0 radical (unpaired) electrons. The quantitative estimate of drug-likeness (QED) is 0.420. The lowest BCUT2D eigenvalue weighted by molar-refractivity contribution is -0.159. The lowest BCUT2D eigenvalue weighted by atomic mass is 9.89. The van der Waals surface area contributed by atoms with Gasteiger partial charge in [-0.25, -0.2) is 9.59 Å². The van der Waals surface area contributed by atoms with Crippen LogP contribution in [0.3, 0.4) is 0 Å². The van der Waals surface area contributed by atoms with Crippen LogP contribution in [0.15, 0.2) is 5.03 Å². The average Bonchev–Trinajstić information content (AvgIpc) is 3.15. The molecule has 0 spiro atoms. The third-order valence-electron chi connectivity index (χ3n) is 4.43. The predicted molar refractivity (Wildman–Crippen MR) is 93.1 cm³/mol. The molecular formula is C15H20F3N3O4S2. The van der Waals surface area contributed by atoms with Gasteiger partial charge in [0.2, 0.25) is 0 Å². The number of aromatic nitrogens is 2. The fraction of sp³-hybridized carbons (Fsp3) is 0.733. The number of halogens is 3. The number of rotatable bonds is 5. The van der Waals surface area contributed by atoms with Crippen LogP contribution in [0.4, 0.5) is 13.2 Å².